The van der Waals surface area contributed by atoms with Crippen molar-refractivity contribution in [1.29, 1.82) is 0 Å². The third kappa shape index (κ3) is 7.50. The molecule has 23 heavy (non-hydrogen) atoms. The Morgan fingerprint density at radius 3 is 2.43 bits per heavy atom. The van der Waals surface area contributed by atoms with Gasteiger partial charge in [0.15, 0.2) is 5.96 Å². The van der Waals surface area contributed by atoms with Crippen LogP contribution in [-0.4, -0.2) is 76.6 Å². The second kappa shape index (κ2) is 12.6. The quantitative estimate of drug-likeness (QED) is 0.360. The molecule has 1 heterocycles. The van der Waals surface area contributed by atoms with Crippen molar-refractivity contribution in [2.45, 2.75) is 39.7 Å². The van der Waals surface area contributed by atoms with Crippen LogP contribution in [0.4, 0.5) is 0 Å². The molecule has 0 aromatic carbocycles. The zero-order valence-corrected chi connectivity index (χ0v) is 15.4. The molecule has 6 heteroatoms. The summed E-state index contributed by atoms with van der Waals surface area (Å²) in [6.45, 7) is 13.5. The van der Waals surface area contributed by atoms with Crippen molar-refractivity contribution < 1.29 is 9.47 Å². The van der Waals surface area contributed by atoms with Crippen LogP contribution in [0.25, 0.3) is 0 Å². The van der Waals surface area contributed by atoms with Crippen molar-refractivity contribution in [1.82, 2.24) is 15.5 Å². The van der Waals surface area contributed by atoms with Gasteiger partial charge in [0.1, 0.15) is 0 Å². The Morgan fingerprint density at radius 2 is 1.87 bits per heavy atom. The molecule has 1 fully saturated rings. The first-order valence-electron chi connectivity index (χ1n) is 9.09. The predicted molar refractivity (Wildman–Crippen MR) is 96.1 cm³/mol. The first-order chi connectivity index (χ1) is 11.3. The Morgan fingerprint density at radius 1 is 1.17 bits per heavy atom. The zero-order chi connectivity index (χ0) is 16.9. The lowest BCUT2D eigenvalue weighted by Crippen LogP contribution is -2.49. The maximum Gasteiger partial charge on any atom is 0.191 e. The van der Waals surface area contributed by atoms with Gasteiger partial charge in [0, 0.05) is 39.3 Å². The van der Waals surface area contributed by atoms with E-state index in [1.165, 1.54) is 12.8 Å². The Labute approximate surface area is 142 Å². The van der Waals surface area contributed by atoms with Crippen molar-refractivity contribution in [2.75, 3.05) is 59.7 Å². The molecule has 1 unspecified atom stereocenters. The van der Waals surface area contributed by atoms with Crippen LogP contribution in [0.5, 0.6) is 0 Å². The molecule has 1 saturated heterocycles. The number of rotatable bonds is 10. The van der Waals surface area contributed by atoms with Gasteiger partial charge < -0.3 is 20.1 Å². The minimum Gasteiger partial charge on any atom is -0.383 e. The van der Waals surface area contributed by atoms with Crippen LogP contribution in [0.1, 0.15) is 33.6 Å². The van der Waals surface area contributed by atoms with E-state index in [1.807, 2.05) is 0 Å². The minimum absolute atomic E-state index is 0.492. The number of hydrogen-bond acceptors (Lipinski definition) is 4. The van der Waals surface area contributed by atoms with Gasteiger partial charge in [0.05, 0.1) is 26.4 Å². The highest BCUT2D eigenvalue weighted by atomic mass is 16.5. The Kier molecular flexibility index (Phi) is 11.0. The third-order valence-corrected chi connectivity index (χ3v) is 4.49. The number of hydrogen-bond donors (Lipinski definition) is 2. The Bertz CT molecular complexity index is 316. The summed E-state index contributed by atoms with van der Waals surface area (Å²) in [6.07, 6.45) is 2.39. The van der Waals surface area contributed by atoms with Crippen LogP contribution >= 0.6 is 0 Å². The zero-order valence-electron chi connectivity index (χ0n) is 15.4. The summed E-state index contributed by atoms with van der Waals surface area (Å²) in [5, 5.41) is 6.64. The third-order valence-electron chi connectivity index (χ3n) is 4.49. The van der Waals surface area contributed by atoms with Gasteiger partial charge in [0.25, 0.3) is 0 Å². The molecule has 1 aliphatic rings. The first-order valence-corrected chi connectivity index (χ1v) is 9.09. The predicted octanol–water partition coefficient (Wildman–Crippen LogP) is 1.32. The molecule has 136 valence electrons. The van der Waals surface area contributed by atoms with Crippen molar-refractivity contribution >= 4 is 5.96 Å². The van der Waals surface area contributed by atoms with Gasteiger partial charge in [-0.2, -0.15) is 0 Å². The van der Waals surface area contributed by atoms with Crippen LogP contribution in [0.15, 0.2) is 4.99 Å². The smallest absolute Gasteiger partial charge is 0.191 e. The Hall–Kier alpha value is -0.850. The molecule has 1 atom stereocenters. The molecule has 0 aromatic heterocycles. The van der Waals surface area contributed by atoms with Crippen LogP contribution in [0, 0.1) is 5.92 Å². The molecule has 2 N–H and O–H groups in total. The summed E-state index contributed by atoms with van der Waals surface area (Å²) in [7, 11) is 1.72. The van der Waals surface area contributed by atoms with Gasteiger partial charge in [0.2, 0.25) is 0 Å². The molecular formula is C17H36N4O2. The number of nitrogens with one attached hydrogen (secondary N) is 2. The molecule has 1 rings (SSSR count). The maximum atomic E-state index is 5.51. The van der Waals surface area contributed by atoms with E-state index < -0.39 is 0 Å². The molecule has 0 spiro atoms. The summed E-state index contributed by atoms with van der Waals surface area (Å²) in [5.41, 5.74) is 0. The van der Waals surface area contributed by atoms with E-state index in [0.29, 0.717) is 18.6 Å². The fourth-order valence-electron chi connectivity index (χ4n) is 3.10. The van der Waals surface area contributed by atoms with E-state index in [2.05, 4.69) is 36.3 Å². The fraction of sp³-hybridized carbons (Fsp3) is 0.941. The van der Waals surface area contributed by atoms with E-state index in [4.69, 9.17) is 14.5 Å². The van der Waals surface area contributed by atoms with Crippen LogP contribution in [-0.2, 0) is 9.47 Å². The first kappa shape index (κ1) is 20.2. The molecule has 0 aliphatic carbocycles. The highest BCUT2D eigenvalue weighted by Crippen LogP contribution is 2.20. The highest BCUT2D eigenvalue weighted by Gasteiger charge is 2.26. The molecular weight excluding hydrogens is 292 g/mol. The van der Waals surface area contributed by atoms with E-state index >= 15 is 0 Å². The van der Waals surface area contributed by atoms with Crippen LogP contribution in [0.3, 0.4) is 0 Å². The second-order valence-corrected chi connectivity index (χ2v) is 5.93. The van der Waals surface area contributed by atoms with Gasteiger partial charge in [-0.1, -0.05) is 26.7 Å². The van der Waals surface area contributed by atoms with E-state index in [-0.39, 0.29) is 0 Å². The van der Waals surface area contributed by atoms with Gasteiger partial charge >= 0.3 is 0 Å². The lowest BCUT2D eigenvalue weighted by molar-refractivity contribution is 0.00395. The monoisotopic (exact) mass is 328 g/mol. The fourth-order valence-corrected chi connectivity index (χ4v) is 3.10. The second-order valence-electron chi connectivity index (χ2n) is 5.93. The molecule has 1 aliphatic heterocycles. The number of morpholine rings is 1. The number of methoxy groups -OCH3 is 1. The number of aliphatic imine (C=N–C) groups is 1. The largest absolute Gasteiger partial charge is 0.383 e. The standard InChI is InChI=1S/C17H36N4O2/c1-5-15(6-2)16(21-9-12-23-13-10-21)14-20-17(18-7-3)19-8-11-22-4/h15-16H,5-14H2,1-4H3,(H2,18,19,20). The number of ether oxygens (including phenoxy) is 2. The summed E-state index contributed by atoms with van der Waals surface area (Å²) in [5.74, 6) is 1.56. The van der Waals surface area contributed by atoms with E-state index in [0.717, 1.165) is 51.9 Å². The summed E-state index contributed by atoms with van der Waals surface area (Å²) in [6, 6.07) is 0.492. The minimum atomic E-state index is 0.492. The van der Waals surface area contributed by atoms with Crippen molar-refractivity contribution in [3.05, 3.63) is 0 Å². The van der Waals surface area contributed by atoms with Gasteiger partial charge in [-0.15, -0.1) is 0 Å². The van der Waals surface area contributed by atoms with Crippen LogP contribution in [0.2, 0.25) is 0 Å². The molecule has 0 amide bonds. The van der Waals surface area contributed by atoms with E-state index in [1.54, 1.807) is 7.11 Å². The van der Waals surface area contributed by atoms with E-state index in [9.17, 15) is 0 Å². The molecule has 0 bridgehead atoms. The van der Waals surface area contributed by atoms with Crippen molar-refractivity contribution in [3.63, 3.8) is 0 Å². The van der Waals surface area contributed by atoms with Crippen molar-refractivity contribution in [3.8, 4) is 0 Å². The number of guanidine groups is 1. The van der Waals surface area contributed by atoms with Crippen LogP contribution < -0.4 is 10.6 Å². The summed E-state index contributed by atoms with van der Waals surface area (Å²) < 4.78 is 10.6. The summed E-state index contributed by atoms with van der Waals surface area (Å²) in [4.78, 5) is 7.39. The Balaban J connectivity index is 2.69. The number of nitrogens with zero attached hydrogens (tertiary/aromatic N) is 2. The molecule has 0 aromatic rings. The van der Waals surface area contributed by atoms with Crippen molar-refractivity contribution in [2.24, 2.45) is 10.9 Å². The lowest BCUT2D eigenvalue weighted by atomic mass is 9.92. The highest BCUT2D eigenvalue weighted by molar-refractivity contribution is 5.79. The topological polar surface area (TPSA) is 58.1 Å². The molecule has 0 radical (unpaired) electrons. The summed E-state index contributed by atoms with van der Waals surface area (Å²) >= 11 is 0. The maximum absolute atomic E-state index is 5.51. The SMILES string of the molecule is CCNC(=NCC(C(CC)CC)N1CCOCC1)NCCOC. The van der Waals surface area contributed by atoms with Gasteiger partial charge in [-0.25, -0.2) is 0 Å². The molecule has 6 nitrogen and oxygen atoms in total. The average molecular weight is 329 g/mol. The molecule has 0 saturated carbocycles. The lowest BCUT2D eigenvalue weighted by Gasteiger charge is -2.38. The average Bonchev–Trinajstić information content (AvgIpc) is 2.59. The van der Waals surface area contributed by atoms with Gasteiger partial charge in [-0.05, 0) is 12.8 Å². The van der Waals surface area contributed by atoms with Gasteiger partial charge in [-0.3, -0.25) is 9.89 Å². The normalized spacial score (nSPS) is 18.2.